The second-order valence-corrected chi connectivity index (χ2v) is 6.13. The van der Waals surface area contributed by atoms with E-state index in [4.69, 9.17) is 0 Å². The Balaban J connectivity index is 2.08. The van der Waals surface area contributed by atoms with Crippen LogP contribution < -0.4 is 0 Å². The summed E-state index contributed by atoms with van der Waals surface area (Å²) in [6, 6.07) is 4.25. The van der Waals surface area contributed by atoms with E-state index in [0.29, 0.717) is 0 Å². The van der Waals surface area contributed by atoms with Gasteiger partial charge < -0.3 is 5.11 Å². The number of hydrogen-bond acceptors (Lipinski definition) is 2. The van der Waals surface area contributed by atoms with E-state index in [1.54, 1.807) is 0 Å². The first-order valence-electron chi connectivity index (χ1n) is 6.80. The van der Waals surface area contributed by atoms with Gasteiger partial charge in [0.2, 0.25) is 0 Å². The maximum atomic E-state index is 9.88. The summed E-state index contributed by atoms with van der Waals surface area (Å²) in [5, 5.41) is 9.88. The number of aryl methyl sites for hydroxylation is 1. The molecule has 1 aromatic heterocycles. The molecular formula is C16H23NO. The highest BCUT2D eigenvalue weighted by molar-refractivity contribution is 5.22. The van der Waals surface area contributed by atoms with Crippen LogP contribution in [0.2, 0.25) is 0 Å². The van der Waals surface area contributed by atoms with Crippen LogP contribution in [0.1, 0.15) is 44.9 Å². The Morgan fingerprint density at radius 3 is 2.72 bits per heavy atom. The van der Waals surface area contributed by atoms with E-state index in [-0.39, 0.29) is 11.5 Å². The molecule has 2 rings (SSSR count). The zero-order valence-electron chi connectivity index (χ0n) is 11.6. The van der Waals surface area contributed by atoms with Crippen molar-refractivity contribution in [3.63, 3.8) is 0 Å². The van der Waals surface area contributed by atoms with Gasteiger partial charge in [0.25, 0.3) is 0 Å². The zero-order chi connectivity index (χ0) is 13.2. The van der Waals surface area contributed by atoms with Crippen LogP contribution in [0.3, 0.4) is 0 Å². The van der Waals surface area contributed by atoms with Crippen LogP contribution in [0.15, 0.2) is 30.0 Å². The minimum atomic E-state index is -0.293. The number of aliphatic hydroxyl groups is 1. The molecule has 0 radical (unpaired) electrons. The van der Waals surface area contributed by atoms with Gasteiger partial charge in [0.1, 0.15) is 0 Å². The molecule has 0 fully saturated rings. The van der Waals surface area contributed by atoms with Gasteiger partial charge in [0, 0.05) is 18.3 Å². The van der Waals surface area contributed by atoms with Crippen LogP contribution in [0.4, 0.5) is 0 Å². The van der Waals surface area contributed by atoms with Gasteiger partial charge >= 0.3 is 0 Å². The van der Waals surface area contributed by atoms with Crippen LogP contribution in [-0.4, -0.2) is 16.2 Å². The van der Waals surface area contributed by atoms with E-state index in [2.05, 4.69) is 37.9 Å². The van der Waals surface area contributed by atoms with Crippen molar-refractivity contribution in [3.05, 3.63) is 41.2 Å². The molecule has 1 unspecified atom stereocenters. The monoisotopic (exact) mass is 245 g/mol. The lowest BCUT2D eigenvalue weighted by molar-refractivity contribution is 0.138. The predicted molar refractivity (Wildman–Crippen MR) is 74.4 cm³/mol. The van der Waals surface area contributed by atoms with Crippen molar-refractivity contribution in [1.82, 2.24) is 4.98 Å². The van der Waals surface area contributed by atoms with Crippen LogP contribution >= 0.6 is 0 Å². The fraction of sp³-hybridized carbons (Fsp3) is 0.562. The zero-order valence-corrected chi connectivity index (χ0v) is 11.6. The molecule has 0 amide bonds. The Labute approximate surface area is 110 Å². The van der Waals surface area contributed by atoms with E-state index in [9.17, 15) is 5.11 Å². The van der Waals surface area contributed by atoms with Gasteiger partial charge in [0.05, 0.1) is 6.10 Å². The third-order valence-corrected chi connectivity index (χ3v) is 3.60. The molecule has 1 N–H and O–H groups in total. The van der Waals surface area contributed by atoms with E-state index in [1.807, 2.05) is 12.3 Å². The number of aliphatic hydroxyl groups excluding tert-OH is 1. The van der Waals surface area contributed by atoms with Crippen molar-refractivity contribution in [2.45, 2.75) is 52.6 Å². The molecule has 1 heterocycles. The molecule has 0 bridgehead atoms. The molecule has 1 aromatic rings. The van der Waals surface area contributed by atoms with Crippen LogP contribution in [-0.2, 0) is 12.8 Å². The maximum Gasteiger partial charge on any atom is 0.0728 e. The SMILES string of the molecule is CCc1ccc(CC2=CC(O)CC(C)(C)C2)nc1. The number of rotatable bonds is 3. The minimum absolute atomic E-state index is 0.201. The highest BCUT2D eigenvalue weighted by atomic mass is 16.3. The normalized spacial score (nSPS) is 22.7. The van der Waals surface area contributed by atoms with Gasteiger partial charge in [-0.05, 0) is 36.3 Å². The Hall–Kier alpha value is -1.15. The summed E-state index contributed by atoms with van der Waals surface area (Å²) < 4.78 is 0. The smallest absolute Gasteiger partial charge is 0.0728 e. The lowest BCUT2D eigenvalue weighted by atomic mass is 9.75. The molecule has 2 heteroatoms. The summed E-state index contributed by atoms with van der Waals surface area (Å²) in [5.41, 5.74) is 3.89. The Kier molecular flexibility index (Phi) is 3.86. The van der Waals surface area contributed by atoms with Gasteiger partial charge in [-0.15, -0.1) is 0 Å². The maximum absolute atomic E-state index is 9.88. The van der Waals surface area contributed by atoms with Crippen LogP contribution in [0.5, 0.6) is 0 Å². The first-order valence-corrected chi connectivity index (χ1v) is 6.80. The number of allylic oxidation sites excluding steroid dienone is 1. The lowest BCUT2D eigenvalue weighted by Gasteiger charge is -2.32. The van der Waals surface area contributed by atoms with Gasteiger partial charge in [-0.25, -0.2) is 0 Å². The minimum Gasteiger partial charge on any atom is -0.389 e. The fourth-order valence-corrected chi connectivity index (χ4v) is 2.77. The second kappa shape index (κ2) is 5.23. The van der Waals surface area contributed by atoms with Gasteiger partial charge in [-0.3, -0.25) is 4.98 Å². The van der Waals surface area contributed by atoms with Gasteiger partial charge in [-0.1, -0.05) is 38.5 Å². The van der Waals surface area contributed by atoms with Crippen molar-refractivity contribution < 1.29 is 5.11 Å². The average molecular weight is 245 g/mol. The number of aromatic nitrogens is 1. The topological polar surface area (TPSA) is 33.1 Å². The summed E-state index contributed by atoms with van der Waals surface area (Å²) in [5.74, 6) is 0. The number of nitrogens with zero attached hydrogens (tertiary/aromatic N) is 1. The molecule has 18 heavy (non-hydrogen) atoms. The van der Waals surface area contributed by atoms with Crippen molar-refractivity contribution >= 4 is 0 Å². The van der Waals surface area contributed by atoms with Crippen LogP contribution in [0.25, 0.3) is 0 Å². The Morgan fingerprint density at radius 2 is 2.17 bits per heavy atom. The molecule has 2 nitrogen and oxygen atoms in total. The second-order valence-electron chi connectivity index (χ2n) is 6.13. The van der Waals surface area contributed by atoms with E-state index in [0.717, 1.165) is 31.4 Å². The molecule has 0 aliphatic heterocycles. The van der Waals surface area contributed by atoms with Gasteiger partial charge in [0.15, 0.2) is 0 Å². The highest BCUT2D eigenvalue weighted by Gasteiger charge is 2.27. The third-order valence-electron chi connectivity index (χ3n) is 3.60. The average Bonchev–Trinajstić information content (AvgIpc) is 2.27. The summed E-state index contributed by atoms with van der Waals surface area (Å²) >= 11 is 0. The highest BCUT2D eigenvalue weighted by Crippen LogP contribution is 2.36. The number of hydrogen-bond donors (Lipinski definition) is 1. The number of pyridine rings is 1. The van der Waals surface area contributed by atoms with Crippen LogP contribution in [0, 0.1) is 5.41 Å². The first-order chi connectivity index (χ1) is 8.48. The summed E-state index contributed by atoms with van der Waals surface area (Å²) in [7, 11) is 0. The molecule has 0 saturated heterocycles. The molecule has 98 valence electrons. The molecular weight excluding hydrogens is 222 g/mol. The van der Waals surface area contributed by atoms with Crippen molar-refractivity contribution in [2.24, 2.45) is 5.41 Å². The first kappa shape index (κ1) is 13.3. The van der Waals surface area contributed by atoms with E-state index in [1.165, 1.54) is 11.1 Å². The quantitative estimate of drug-likeness (QED) is 0.829. The largest absolute Gasteiger partial charge is 0.389 e. The summed E-state index contributed by atoms with van der Waals surface area (Å²) in [6.07, 6.45) is 7.49. The van der Waals surface area contributed by atoms with E-state index >= 15 is 0 Å². The molecule has 0 saturated carbocycles. The van der Waals surface area contributed by atoms with Gasteiger partial charge in [-0.2, -0.15) is 0 Å². The standard InChI is InChI=1S/C16H23NO/c1-4-12-5-6-14(17-11-12)7-13-8-15(18)10-16(2,3)9-13/h5-6,8,11,15,18H,4,7,9-10H2,1-3H3. The molecule has 1 aliphatic rings. The summed E-state index contributed by atoms with van der Waals surface area (Å²) in [6.45, 7) is 6.58. The lowest BCUT2D eigenvalue weighted by Crippen LogP contribution is -2.25. The van der Waals surface area contributed by atoms with E-state index < -0.39 is 0 Å². The molecule has 0 spiro atoms. The van der Waals surface area contributed by atoms with Crippen molar-refractivity contribution in [3.8, 4) is 0 Å². The fourth-order valence-electron chi connectivity index (χ4n) is 2.77. The molecule has 0 aromatic carbocycles. The summed E-state index contributed by atoms with van der Waals surface area (Å²) in [4.78, 5) is 4.49. The molecule has 1 atom stereocenters. The Morgan fingerprint density at radius 1 is 1.39 bits per heavy atom. The molecule has 1 aliphatic carbocycles. The van der Waals surface area contributed by atoms with Crippen molar-refractivity contribution in [2.75, 3.05) is 0 Å². The Bertz CT molecular complexity index is 431. The third kappa shape index (κ3) is 3.42. The van der Waals surface area contributed by atoms with Crippen molar-refractivity contribution in [1.29, 1.82) is 0 Å². The predicted octanol–water partition coefficient (Wildman–Crippen LogP) is 3.29.